The third-order valence-corrected chi connectivity index (χ3v) is 7.28. The highest BCUT2D eigenvalue weighted by atomic mass is 16.2. The highest BCUT2D eigenvalue weighted by Gasteiger charge is 2.55. The molecule has 148 valence electrons. The molecule has 0 radical (unpaired) electrons. The van der Waals surface area contributed by atoms with Gasteiger partial charge in [-0.25, -0.2) is 4.79 Å². The molecule has 3 atom stereocenters. The number of fused-ring (bicyclic) bond motifs is 3. The molecule has 1 aromatic carbocycles. The Morgan fingerprint density at radius 1 is 1.11 bits per heavy atom. The van der Waals surface area contributed by atoms with Crippen LogP contribution in [-0.4, -0.2) is 46.8 Å². The summed E-state index contributed by atoms with van der Waals surface area (Å²) < 4.78 is 0. The van der Waals surface area contributed by atoms with Crippen molar-refractivity contribution < 1.29 is 14.4 Å². The van der Waals surface area contributed by atoms with Gasteiger partial charge in [0.2, 0.25) is 5.91 Å². The number of amides is 4. The summed E-state index contributed by atoms with van der Waals surface area (Å²) in [5.41, 5.74) is 1.00. The fraction of sp³-hybridized carbons (Fsp3) is 0.591. The molecular formula is C22H27N3O3. The number of aryl methyl sites for hydroxylation is 1. The van der Waals surface area contributed by atoms with Crippen LogP contribution in [0.5, 0.6) is 0 Å². The Bertz CT molecular complexity index is 836. The molecule has 2 heterocycles. The lowest BCUT2D eigenvalue weighted by Crippen LogP contribution is -2.53. The van der Waals surface area contributed by atoms with Gasteiger partial charge in [0.05, 0.1) is 0 Å². The molecule has 2 aliphatic heterocycles. The lowest BCUT2D eigenvalue weighted by atomic mass is 9.78. The van der Waals surface area contributed by atoms with Crippen LogP contribution in [0, 0.1) is 5.92 Å². The van der Waals surface area contributed by atoms with E-state index in [9.17, 15) is 14.4 Å². The van der Waals surface area contributed by atoms with Crippen LogP contribution in [0.1, 0.15) is 56.1 Å². The summed E-state index contributed by atoms with van der Waals surface area (Å²) in [6, 6.07) is 7.63. The van der Waals surface area contributed by atoms with E-state index in [-0.39, 0.29) is 24.4 Å². The first-order chi connectivity index (χ1) is 13.6. The van der Waals surface area contributed by atoms with Gasteiger partial charge in [-0.3, -0.25) is 14.5 Å². The molecule has 6 heteroatoms. The average molecular weight is 381 g/mol. The number of piperidine rings is 1. The molecule has 6 nitrogen and oxygen atoms in total. The van der Waals surface area contributed by atoms with Gasteiger partial charge < -0.3 is 10.2 Å². The minimum atomic E-state index is -0.983. The smallest absolute Gasteiger partial charge is 0.325 e. The maximum atomic E-state index is 13.3. The van der Waals surface area contributed by atoms with E-state index in [1.165, 1.54) is 19.3 Å². The van der Waals surface area contributed by atoms with Crippen LogP contribution in [-0.2, 0) is 21.5 Å². The van der Waals surface area contributed by atoms with Gasteiger partial charge in [-0.2, -0.15) is 0 Å². The first-order valence-corrected chi connectivity index (χ1v) is 10.6. The zero-order valence-corrected chi connectivity index (χ0v) is 16.2. The Morgan fingerprint density at radius 3 is 2.79 bits per heavy atom. The number of rotatable bonds is 2. The van der Waals surface area contributed by atoms with Gasteiger partial charge in [0.1, 0.15) is 12.1 Å². The number of nitrogens with one attached hydrogen (secondary N) is 1. The van der Waals surface area contributed by atoms with Gasteiger partial charge in [-0.05, 0) is 55.6 Å². The maximum absolute atomic E-state index is 13.3. The molecular weight excluding hydrogens is 354 g/mol. The first kappa shape index (κ1) is 17.7. The van der Waals surface area contributed by atoms with E-state index in [2.05, 4.69) is 5.32 Å². The van der Waals surface area contributed by atoms with Gasteiger partial charge in [-0.15, -0.1) is 0 Å². The topological polar surface area (TPSA) is 69.7 Å². The molecule has 2 aliphatic carbocycles. The Kier molecular flexibility index (Phi) is 4.18. The largest absolute Gasteiger partial charge is 0.338 e. The summed E-state index contributed by atoms with van der Waals surface area (Å²) in [4.78, 5) is 42.2. The lowest BCUT2D eigenvalue weighted by Gasteiger charge is -2.44. The third-order valence-electron chi connectivity index (χ3n) is 7.28. The highest BCUT2D eigenvalue weighted by molar-refractivity contribution is 6.09. The minimum Gasteiger partial charge on any atom is -0.338 e. The molecule has 4 amide bonds. The maximum Gasteiger partial charge on any atom is 0.325 e. The lowest BCUT2D eigenvalue weighted by molar-refractivity contribution is -0.143. The molecule has 4 aliphatic rings. The van der Waals surface area contributed by atoms with Gasteiger partial charge >= 0.3 is 6.03 Å². The standard InChI is InChI=1S/C22H27N3O3/c26-19(24-13-5-8-16-7-2-4-10-18(16)24)14-25-20(27)22(23-21(25)28)12-11-15-6-1-3-9-17(15)22/h1,3,6,9,16,18H,2,4-5,7-8,10-14H2,(H,23,28)/t16-,18+,22-/m1/s1. The third kappa shape index (κ3) is 2.57. The predicted octanol–water partition coefficient (Wildman–Crippen LogP) is 2.56. The first-order valence-electron chi connectivity index (χ1n) is 10.6. The van der Waals surface area contributed by atoms with Crippen molar-refractivity contribution in [3.63, 3.8) is 0 Å². The number of hydrogen-bond acceptors (Lipinski definition) is 3. The average Bonchev–Trinajstić information content (AvgIpc) is 3.21. The van der Waals surface area contributed by atoms with Crippen LogP contribution in [0.15, 0.2) is 24.3 Å². The van der Waals surface area contributed by atoms with E-state index in [4.69, 9.17) is 0 Å². The fourth-order valence-electron chi connectivity index (χ4n) is 5.89. The van der Waals surface area contributed by atoms with Crippen LogP contribution in [0.3, 0.4) is 0 Å². The van der Waals surface area contributed by atoms with Crippen molar-refractivity contribution in [2.75, 3.05) is 13.1 Å². The number of likely N-dealkylation sites (tertiary alicyclic amines) is 1. The van der Waals surface area contributed by atoms with Crippen molar-refractivity contribution in [2.24, 2.45) is 5.92 Å². The van der Waals surface area contributed by atoms with E-state index < -0.39 is 11.6 Å². The van der Waals surface area contributed by atoms with E-state index >= 15 is 0 Å². The van der Waals surface area contributed by atoms with Crippen LogP contribution >= 0.6 is 0 Å². The summed E-state index contributed by atoms with van der Waals surface area (Å²) in [5.74, 6) is 0.235. The number of nitrogens with zero attached hydrogens (tertiary/aromatic N) is 2. The molecule has 0 bridgehead atoms. The number of carbonyl (C=O) groups excluding carboxylic acids is 3. The monoisotopic (exact) mass is 381 g/mol. The Balaban J connectivity index is 1.35. The van der Waals surface area contributed by atoms with Crippen LogP contribution in [0.2, 0.25) is 0 Å². The quantitative estimate of drug-likeness (QED) is 0.801. The van der Waals surface area contributed by atoms with Gasteiger partial charge in [0.25, 0.3) is 5.91 Å². The zero-order chi connectivity index (χ0) is 19.3. The Morgan fingerprint density at radius 2 is 1.89 bits per heavy atom. The molecule has 1 N–H and O–H groups in total. The molecule has 5 rings (SSSR count). The normalized spacial score (nSPS) is 31.7. The second-order valence-corrected chi connectivity index (χ2v) is 8.73. The number of benzene rings is 1. The van der Waals surface area contributed by atoms with Crippen LogP contribution in [0.25, 0.3) is 0 Å². The molecule has 1 saturated carbocycles. The van der Waals surface area contributed by atoms with Crippen molar-refractivity contribution >= 4 is 17.8 Å². The summed E-state index contributed by atoms with van der Waals surface area (Å²) in [5, 5.41) is 2.92. The minimum absolute atomic E-state index is 0.0802. The summed E-state index contributed by atoms with van der Waals surface area (Å²) in [7, 11) is 0. The predicted molar refractivity (Wildman–Crippen MR) is 103 cm³/mol. The number of urea groups is 1. The van der Waals surface area contributed by atoms with Crippen molar-refractivity contribution in [3.05, 3.63) is 35.4 Å². The van der Waals surface area contributed by atoms with Crippen molar-refractivity contribution in [1.82, 2.24) is 15.1 Å². The summed E-state index contributed by atoms with van der Waals surface area (Å²) in [6.45, 7) is 0.607. The van der Waals surface area contributed by atoms with E-state index in [0.717, 1.165) is 48.3 Å². The highest BCUT2D eigenvalue weighted by Crippen LogP contribution is 2.41. The van der Waals surface area contributed by atoms with Crippen LogP contribution in [0.4, 0.5) is 4.79 Å². The Labute approximate surface area is 165 Å². The molecule has 1 spiro atoms. The van der Waals surface area contributed by atoms with Crippen LogP contribution < -0.4 is 5.32 Å². The number of hydrogen-bond donors (Lipinski definition) is 1. The fourth-order valence-corrected chi connectivity index (χ4v) is 5.89. The van der Waals surface area contributed by atoms with Crippen molar-refractivity contribution in [2.45, 2.75) is 62.9 Å². The van der Waals surface area contributed by atoms with E-state index in [1.54, 1.807) is 0 Å². The number of imide groups is 1. The second-order valence-electron chi connectivity index (χ2n) is 8.73. The summed E-state index contributed by atoms with van der Waals surface area (Å²) >= 11 is 0. The summed E-state index contributed by atoms with van der Waals surface area (Å²) in [6.07, 6.45) is 8.19. The second kappa shape index (κ2) is 6.61. The molecule has 28 heavy (non-hydrogen) atoms. The van der Waals surface area contributed by atoms with E-state index in [1.807, 2.05) is 29.2 Å². The van der Waals surface area contributed by atoms with Crippen molar-refractivity contribution in [3.8, 4) is 0 Å². The van der Waals surface area contributed by atoms with Gasteiger partial charge in [0.15, 0.2) is 0 Å². The van der Waals surface area contributed by atoms with E-state index in [0.29, 0.717) is 12.3 Å². The molecule has 0 unspecified atom stereocenters. The Hall–Kier alpha value is -2.37. The molecule has 0 aromatic heterocycles. The number of carbonyl (C=O) groups is 3. The molecule has 1 aromatic rings. The zero-order valence-electron chi connectivity index (χ0n) is 16.2. The molecule has 3 fully saturated rings. The van der Waals surface area contributed by atoms with Crippen molar-refractivity contribution in [1.29, 1.82) is 0 Å². The SMILES string of the molecule is O=C1N[C@@]2(CCc3ccccc32)C(=O)N1CC(=O)N1CCC[C@H]2CCCC[C@@H]21. The molecule has 2 saturated heterocycles. The van der Waals surface area contributed by atoms with Gasteiger partial charge in [0, 0.05) is 12.6 Å². The van der Waals surface area contributed by atoms with Gasteiger partial charge in [-0.1, -0.05) is 37.1 Å².